The molecule has 7 nitrogen and oxygen atoms in total. The molecule has 0 radical (unpaired) electrons. The van der Waals surface area contributed by atoms with Crippen molar-refractivity contribution in [2.75, 3.05) is 34.3 Å². The summed E-state index contributed by atoms with van der Waals surface area (Å²) < 4.78 is 11.2. The Hall–Kier alpha value is -4.10. The summed E-state index contributed by atoms with van der Waals surface area (Å²) in [6.45, 7) is 1.57. The molecule has 0 saturated carbocycles. The highest BCUT2D eigenvalue weighted by Crippen LogP contribution is 2.40. The van der Waals surface area contributed by atoms with E-state index < -0.39 is 17.7 Å². The largest absolute Gasteiger partial charge is 0.507 e. The summed E-state index contributed by atoms with van der Waals surface area (Å²) in [5.41, 5.74) is 2.26. The van der Waals surface area contributed by atoms with Crippen LogP contribution >= 0.6 is 0 Å². The Morgan fingerprint density at radius 1 is 0.946 bits per heavy atom. The van der Waals surface area contributed by atoms with E-state index in [9.17, 15) is 14.7 Å². The first kappa shape index (κ1) is 26.0. The zero-order valence-electron chi connectivity index (χ0n) is 21.4. The highest BCUT2D eigenvalue weighted by Gasteiger charge is 2.45. The van der Waals surface area contributed by atoms with Crippen molar-refractivity contribution in [1.82, 2.24) is 9.80 Å². The fourth-order valence-corrected chi connectivity index (χ4v) is 4.43. The van der Waals surface area contributed by atoms with Gasteiger partial charge >= 0.3 is 0 Å². The average Bonchev–Trinajstić information content (AvgIpc) is 3.17. The zero-order valence-corrected chi connectivity index (χ0v) is 21.4. The van der Waals surface area contributed by atoms with Crippen LogP contribution < -0.4 is 9.47 Å². The molecule has 1 N–H and O–H groups in total. The fourth-order valence-electron chi connectivity index (χ4n) is 4.43. The Labute approximate surface area is 217 Å². The Morgan fingerprint density at radius 2 is 1.68 bits per heavy atom. The van der Waals surface area contributed by atoms with Crippen LogP contribution in [0.2, 0.25) is 0 Å². The first-order chi connectivity index (χ1) is 17.9. The number of rotatable bonds is 10. The number of methoxy groups -OCH3 is 1. The number of ether oxygens (including phenoxy) is 2. The summed E-state index contributed by atoms with van der Waals surface area (Å²) in [6.07, 6.45) is 0.688. The third-order valence-electron chi connectivity index (χ3n) is 6.33. The third-order valence-corrected chi connectivity index (χ3v) is 6.33. The molecule has 1 fully saturated rings. The topological polar surface area (TPSA) is 79.3 Å². The lowest BCUT2D eigenvalue weighted by atomic mass is 9.95. The van der Waals surface area contributed by atoms with E-state index in [0.717, 1.165) is 17.7 Å². The van der Waals surface area contributed by atoms with Crippen LogP contribution in [0.1, 0.15) is 29.2 Å². The van der Waals surface area contributed by atoms with Gasteiger partial charge in [0.1, 0.15) is 23.9 Å². The molecule has 0 spiro atoms. The molecule has 3 aromatic rings. The smallest absolute Gasteiger partial charge is 0.295 e. The Morgan fingerprint density at radius 3 is 2.35 bits per heavy atom. The van der Waals surface area contributed by atoms with Crippen LogP contribution in [0, 0.1) is 0 Å². The summed E-state index contributed by atoms with van der Waals surface area (Å²) in [6, 6.07) is 23.3. The van der Waals surface area contributed by atoms with Crippen LogP contribution in [0.15, 0.2) is 84.4 Å². The van der Waals surface area contributed by atoms with Crippen LogP contribution in [0.3, 0.4) is 0 Å². The van der Waals surface area contributed by atoms with Gasteiger partial charge in [-0.25, -0.2) is 0 Å². The van der Waals surface area contributed by atoms with Crippen LogP contribution in [0.5, 0.6) is 11.5 Å². The van der Waals surface area contributed by atoms with E-state index in [-0.39, 0.29) is 11.3 Å². The van der Waals surface area contributed by atoms with Crippen molar-refractivity contribution in [3.05, 3.63) is 101 Å². The van der Waals surface area contributed by atoms with Gasteiger partial charge in [-0.15, -0.1) is 0 Å². The van der Waals surface area contributed by atoms with Crippen molar-refractivity contribution in [3.8, 4) is 11.5 Å². The lowest BCUT2D eigenvalue weighted by Crippen LogP contribution is -2.32. The molecule has 37 heavy (non-hydrogen) atoms. The maximum atomic E-state index is 13.2. The lowest BCUT2D eigenvalue weighted by molar-refractivity contribution is -0.139. The van der Waals surface area contributed by atoms with Gasteiger partial charge in [-0.2, -0.15) is 0 Å². The molecule has 4 rings (SSSR count). The number of carbonyl (C=O) groups is 2. The quantitative estimate of drug-likeness (QED) is 0.248. The normalized spacial score (nSPS) is 16.9. The zero-order chi connectivity index (χ0) is 26.4. The molecule has 1 amide bonds. The molecule has 1 aliphatic heterocycles. The van der Waals surface area contributed by atoms with Crippen molar-refractivity contribution in [3.63, 3.8) is 0 Å². The molecule has 192 valence electrons. The van der Waals surface area contributed by atoms with Crippen molar-refractivity contribution in [1.29, 1.82) is 0 Å². The average molecular weight is 501 g/mol. The van der Waals surface area contributed by atoms with E-state index in [2.05, 4.69) is 0 Å². The van der Waals surface area contributed by atoms with Gasteiger partial charge in [0, 0.05) is 12.1 Å². The molecule has 0 aliphatic carbocycles. The van der Waals surface area contributed by atoms with E-state index in [4.69, 9.17) is 9.47 Å². The van der Waals surface area contributed by atoms with E-state index in [1.165, 1.54) is 7.11 Å². The number of ketones is 1. The number of hydrogen-bond donors (Lipinski definition) is 1. The Balaban J connectivity index is 1.67. The Kier molecular flexibility index (Phi) is 8.25. The second-order valence-electron chi connectivity index (χ2n) is 9.22. The van der Waals surface area contributed by atoms with Gasteiger partial charge in [0.05, 0.1) is 18.7 Å². The monoisotopic (exact) mass is 500 g/mol. The summed E-state index contributed by atoms with van der Waals surface area (Å²) in [5, 5.41) is 11.2. The second kappa shape index (κ2) is 11.8. The van der Waals surface area contributed by atoms with E-state index in [1.54, 1.807) is 29.2 Å². The molecule has 1 heterocycles. The summed E-state index contributed by atoms with van der Waals surface area (Å²) in [7, 11) is 5.45. The van der Waals surface area contributed by atoms with Crippen LogP contribution in [-0.2, 0) is 16.2 Å². The number of hydrogen-bond acceptors (Lipinski definition) is 6. The minimum absolute atomic E-state index is 0.0704. The number of nitrogens with zero attached hydrogens (tertiary/aromatic N) is 2. The van der Waals surface area contributed by atoms with E-state index >= 15 is 0 Å². The number of amides is 1. The van der Waals surface area contributed by atoms with Gasteiger partial charge in [-0.1, -0.05) is 54.6 Å². The van der Waals surface area contributed by atoms with Crippen molar-refractivity contribution >= 4 is 17.4 Å². The number of benzene rings is 3. The van der Waals surface area contributed by atoms with Gasteiger partial charge in [0.15, 0.2) is 0 Å². The van der Waals surface area contributed by atoms with Crippen molar-refractivity contribution in [2.24, 2.45) is 0 Å². The minimum Gasteiger partial charge on any atom is -0.507 e. The number of likely N-dealkylation sites (tertiary alicyclic amines) is 1. The van der Waals surface area contributed by atoms with Crippen molar-refractivity contribution in [2.45, 2.75) is 19.1 Å². The first-order valence-electron chi connectivity index (χ1n) is 12.2. The predicted octanol–water partition coefficient (Wildman–Crippen LogP) is 4.65. The van der Waals surface area contributed by atoms with Gasteiger partial charge in [0.25, 0.3) is 11.7 Å². The highest BCUT2D eigenvalue weighted by atomic mass is 16.5. The molecule has 7 heteroatoms. The first-order valence-corrected chi connectivity index (χ1v) is 12.2. The molecular formula is C30H32N2O5. The summed E-state index contributed by atoms with van der Waals surface area (Å²) in [5.74, 6) is -0.315. The van der Waals surface area contributed by atoms with E-state index in [0.29, 0.717) is 36.6 Å². The molecule has 1 saturated heterocycles. The highest BCUT2D eigenvalue weighted by molar-refractivity contribution is 6.46. The van der Waals surface area contributed by atoms with Gasteiger partial charge < -0.3 is 24.4 Å². The maximum Gasteiger partial charge on any atom is 0.295 e. The number of aliphatic hydroxyl groups excluding tert-OH is 1. The molecule has 1 atom stereocenters. The van der Waals surface area contributed by atoms with E-state index in [1.807, 2.05) is 73.6 Å². The lowest BCUT2D eigenvalue weighted by Gasteiger charge is -2.26. The molecule has 3 aromatic carbocycles. The van der Waals surface area contributed by atoms with Gasteiger partial charge in [0.2, 0.25) is 0 Å². The number of aliphatic hydroxyl groups is 1. The summed E-state index contributed by atoms with van der Waals surface area (Å²) >= 11 is 0. The number of Topliss-reactive ketones (excluding diaryl/α,β-unsaturated/α-hetero) is 1. The van der Waals surface area contributed by atoms with Gasteiger partial charge in [-0.3, -0.25) is 9.59 Å². The second-order valence-corrected chi connectivity index (χ2v) is 9.22. The minimum atomic E-state index is -0.712. The molecular weight excluding hydrogens is 468 g/mol. The van der Waals surface area contributed by atoms with Crippen LogP contribution in [-0.4, -0.2) is 60.9 Å². The third kappa shape index (κ3) is 6.01. The van der Waals surface area contributed by atoms with Gasteiger partial charge in [-0.05, 0) is 62.5 Å². The van der Waals surface area contributed by atoms with Crippen LogP contribution in [0.4, 0.5) is 0 Å². The van der Waals surface area contributed by atoms with Crippen LogP contribution in [0.25, 0.3) is 5.76 Å². The molecule has 0 aromatic heterocycles. The standard InChI is InChI=1S/C30H32N2O5/c1-31(2)17-8-18-32-27(22-13-15-24(16-14-22)37-20-21-9-5-4-6-10-21)26(29(34)30(32)35)28(33)23-11-7-12-25(19-23)36-3/h4-7,9-16,19,27,33H,8,17-18,20H2,1-3H3/b28-26+. The van der Waals surface area contributed by atoms with Crippen molar-refractivity contribution < 1.29 is 24.2 Å². The number of carbonyl (C=O) groups excluding carboxylic acids is 2. The maximum absolute atomic E-state index is 13.2. The molecule has 0 bridgehead atoms. The molecule has 1 aliphatic rings. The predicted molar refractivity (Wildman–Crippen MR) is 142 cm³/mol. The Bertz CT molecular complexity index is 1270. The molecule has 1 unspecified atom stereocenters. The fraction of sp³-hybridized carbons (Fsp3) is 0.267. The SMILES string of the molecule is COc1cccc(/C(O)=C2\C(=O)C(=O)N(CCCN(C)C)C2c2ccc(OCc3ccccc3)cc2)c1. The summed E-state index contributed by atoms with van der Waals surface area (Å²) in [4.78, 5) is 29.9.